The van der Waals surface area contributed by atoms with E-state index in [4.69, 9.17) is 0 Å². The smallest absolute Gasteiger partial charge is 0.215 e. The van der Waals surface area contributed by atoms with Gasteiger partial charge >= 0.3 is 0 Å². The second kappa shape index (κ2) is 7.43. The zero-order valence-corrected chi connectivity index (χ0v) is 10.0. The molecule has 0 aliphatic carbocycles. The van der Waals surface area contributed by atoms with Crippen molar-refractivity contribution < 1.29 is 8.42 Å². The Balaban J connectivity index is 4.40. The van der Waals surface area contributed by atoms with Gasteiger partial charge in [-0.2, -0.15) is 0 Å². The molecule has 0 rings (SSSR count). The second-order valence-corrected chi connectivity index (χ2v) is 4.97. The summed E-state index contributed by atoms with van der Waals surface area (Å²) in [5, 5.41) is 0. The molecule has 0 spiro atoms. The Hall–Kier alpha value is -0.870. The number of hydrogen-bond acceptors (Lipinski definition) is 2. The predicted octanol–water partition coefficient (Wildman–Crippen LogP) is 2.00. The molecule has 0 atom stereocenters. The van der Waals surface area contributed by atoms with Crippen molar-refractivity contribution in [1.82, 2.24) is 4.72 Å². The lowest BCUT2D eigenvalue weighted by Crippen LogP contribution is -2.27. The van der Waals surface area contributed by atoms with E-state index in [0.29, 0.717) is 18.5 Å². The molecule has 0 aliphatic rings. The first-order chi connectivity index (χ1) is 7.05. The molecule has 0 unspecified atom stereocenters. The zero-order valence-electron chi connectivity index (χ0n) is 9.20. The summed E-state index contributed by atoms with van der Waals surface area (Å²) in [7, 11) is -3.21. The number of nitrogens with one attached hydrogen (secondary N) is 1. The molecule has 0 bridgehead atoms. The average Bonchev–Trinajstić information content (AvgIpc) is 2.21. The molecule has 4 heteroatoms. The highest BCUT2D eigenvalue weighted by atomic mass is 32.2. The molecule has 0 saturated heterocycles. The van der Waals surface area contributed by atoms with Crippen LogP contribution < -0.4 is 4.72 Å². The van der Waals surface area contributed by atoms with Gasteiger partial charge in [0.1, 0.15) is 0 Å². The molecular formula is C11H19NO2S. The van der Waals surface area contributed by atoms with Crippen LogP contribution in [0, 0.1) is 0 Å². The third-order valence-electron chi connectivity index (χ3n) is 1.74. The van der Waals surface area contributed by atoms with Gasteiger partial charge in [-0.3, -0.25) is 0 Å². The Morgan fingerprint density at radius 3 is 2.53 bits per heavy atom. The van der Waals surface area contributed by atoms with Crippen LogP contribution in [0.2, 0.25) is 0 Å². The normalized spacial score (nSPS) is 12.5. The molecule has 15 heavy (non-hydrogen) atoms. The van der Waals surface area contributed by atoms with E-state index in [1.807, 2.05) is 13.0 Å². The average molecular weight is 229 g/mol. The molecule has 0 aliphatic heterocycles. The molecular weight excluding hydrogens is 210 g/mol. The van der Waals surface area contributed by atoms with Crippen LogP contribution in [-0.4, -0.2) is 20.7 Å². The first-order valence-electron chi connectivity index (χ1n) is 4.95. The van der Waals surface area contributed by atoms with Crippen LogP contribution in [0.25, 0.3) is 0 Å². The van der Waals surface area contributed by atoms with Gasteiger partial charge in [-0.25, -0.2) is 13.1 Å². The third-order valence-corrected chi connectivity index (χ3v) is 3.09. The summed E-state index contributed by atoms with van der Waals surface area (Å²) in [5.74, 6) is -0.00958. The van der Waals surface area contributed by atoms with Gasteiger partial charge in [-0.05, 0) is 18.4 Å². The molecule has 0 heterocycles. The minimum absolute atomic E-state index is 0.00958. The summed E-state index contributed by atoms with van der Waals surface area (Å²) in [6.07, 6.45) is 6.54. The second-order valence-electron chi connectivity index (χ2n) is 3.16. The summed E-state index contributed by atoms with van der Waals surface area (Å²) in [5.41, 5.74) is 0.707. The Morgan fingerprint density at radius 1 is 1.40 bits per heavy atom. The highest BCUT2D eigenvalue weighted by Gasteiger charge is 2.09. The van der Waals surface area contributed by atoms with Crippen LogP contribution in [0.5, 0.6) is 0 Å². The van der Waals surface area contributed by atoms with Crippen molar-refractivity contribution in [2.75, 3.05) is 12.3 Å². The SMILES string of the molecule is C=CCC=C(C=C)CS(=O)(=O)NCCC. The largest absolute Gasteiger partial charge is 0.215 e. The lowest BCUT2D eigenvalue weighted by atomic mass is 10.2. The van der Waals surface area contributed by atoms with E-state index in [1.54, 1.807) is 12.2 Å². The Bertz CT molecular complexity index is 328. The molecule has 0 aromatic carbocycles. The fourth-order valence-corrected chi connectivity index (χ4v) is 2.26. The fraction of sp³-hybridized carbons (Fsp3) is 0.455. The zero-order chi connectivity index (χ0) is 11.7. The summed E-state index contributed by atoms with van der Waals surface area (Å²) in [4.78, 5) is 0. The molecule has 86 valence electrons. The van der Waals surface area contributed by atoms with Crippen LogP contribution in [0.1, 0.15) is 19.8 Å². The molecule has 3 nitrogen and oxygen atoms in total. The monoisotopic (exact) mass is 229 g/mol. The standard InChI is InChI=1S/C11H19NO2S/c1-4-7-8-11(6-3)10-15(13,14)12-9-5-2/h4,6,8,12H,1,3,5,7,9-10H2,2H3. The molecule has 0 amide bonds. The summed E-state index contributed by atoms with van der Waals surface area (Å²) < 4.78 is 25.5. The van der Waals surface area contributed by atoms with Gasteiger partial charge in [0.25, 0.3) is 0 Å². The van der Waals surface area contributed by atoms with E-state index in [9.17, 15) is 8.42 Å². The summed E-state index contributed by atoms with van der Waals surface area (Å²) in [6.45, 7) is 9.55. The number of rotatable bonds is 8. The lowest BCUT2D eigenvalue weighted by molar-refractivity contribution is 0.583. The topological polar surface area (TPSA) is 46.2 Å². The van der Waals surface area contributed by atoms with Gasteiger partial charge < -0.3 is 0 Å². The van der Waals surface area contributed by atoms with Gasteiger partial charge in [0, 0.05) is 6.54 Å². The van der Waals surface area contributed by atoms with Crippen LogP contribution in [0.4, 0.5) is 0 Å². The van der Waals surface area contributed by atoms with E-state index in [2.05, 4.69) is 17.9 Å². The first-order valence-corrected chi connectivity index (χ1v) is 6.60. The Morgan fingerprint density at radius 2 is 2.07 bits per heavy atom. The number of hydrogen-bond donors (Lipinski definition) is 1. The summed E-state index contributed by atoms with van der Waals surface area (Å²) >= 11 is 0. The Kier molecular flexibility index (Phi) is 6.99. The maximum Gasteiger partial charge on any atom is 0.215 e. The van der Waals surface area contributed by atoms with E-state index < -0.39 is 10.0 Å². The van der Waals surface area contributed by atoms with Crippen molar-refractivity contribution in [3.63, 3.8) is 0 Å². The van der Waals surface area contributed by atoms with E-state index >= 15 is 0 Å². The predicted molar refractivity (Wildman–Crippen MR) is 65.2 cm³/mol. The molecule has 0 aromatic rings. The molecule has 0 fully saturated rings. The van der Waals surface area contributed by atoms with Gasteiger partial charge in [0.15, 0.2) is 0 Å². The molecule has 0 radical (unpaired) electrons. The van der Waals surface area contributed by atoms with Crippen molar-refractivity contribution in [2.45, 2.75) is 19.8 Å². The number of sulfonamides is 1. The quantitative estimate of drug-likeness (QED) is 0.511. The fourth-order valence-electron chi connectivity index (χ4n) is 0.964. The van der Waals surface area contributed by atoms with Crippen LogP contribution in [0.15, 0.2) is 37.0 Å². The minimum Gasteiger partial charge on any atom is -0.215 e. The highest BCUT2D eigenvalue weighted by Crippen LogP contribution is 2.02. The molecule has 0 aromatic heterocycles. The van der Waals surface area contributed by atoms with E-state index in [-0.39, 0.29) is 5.75 Å². The Labute approximate surface area is 92.6 Å². The minimum atomic E-state index is -3.21. The maximum absolute atomic E-state index is 11.5. The first kappa shape index (κ1) is 14.1. The lowest BCUT2D eigenvalue weighted by Gasteiger charge is -2.05. The van der Waals surface area contributed by atoms with Gasteiger partial charge in [-0.15, -0.1) is 6.58 Å². The van der Waals surface area contributed by atoms with Gasteiger partial charge in [0.2, 0.25) is 10.0 Å². The van der Waals surface area contributed by atoms with Crippen LogP contribution >= 0.6 is 0 Å². The summed E-state index contributed by atoms with van der Waals surface area (Å²) in [6, 6.07) is 0. The molecule has 0 saturated carbocycles. The van der Waals surface area contributed by atoms with Crippen molar-refractivity contribution in [3.8, 4) is 0 Å². The van der Waals surface area contributed by atoms with Crippen LogP contribution in [-0.2, 0) is 10.0 Å². The van der Waals surface area contributed by atoms with E-state index in [0.717, 1.165) is 6.42 Å². The number of allylic oxidation sites excluding steroid dienone is 3. The highest BCUT2D eigenvalue weighted by molar-refractivity contribution is 7.89. The third kappa shape index (κ3) is 7.11. The van der Waals surface area contributed by atoms with Gasteiger partial charge in [-0.1, -0.05) is 31.7 Å². The van der Waals surface area contributed by atoms with Crippen molar-refractivity contribution in [3.05, 3.63) is 37.0 Å². The van der Waals surface area contributed by atoms with Gasteiger partial charge in [0.05, 0.1) is 5.75 Å². The van der Waals surface area contributed by atoms with E-state index in [1.165, 1.54) is 0 Å². The maximum atomic E-state index is 11.5. The van der Waals surface area contributed by atoms with Crippen LogP contribution in [0.3, 0.4) is 0 Å². The van der Waals surface area contributed by atoms with Crippen molar-refractivity contribution in [1.29, 1.82) is 0 Å². The van der Waals surface area contributed by atoms with Crippen molar-refractivity contribution in [2.24, 2.45) is 0 Å². The van der Waals surface area contributed by atoms with Crippen molar-refractivity contribution >= 4 is 10.0 Å². The molecule has 1 N–H and O–H groups in total.